The topological polar surface area (TPSA) is 131 Å². The van der Waals surface area contributed by atoms with Crippen molar-refractivity contribution in [2.45, 2.75) is 51.1 Å². The summed E-state index contributed by atoms with van der Waals surface area (Å²) in [4.78, 5) is 59.8. The highest BCUT2D eigenvalue weighted by atomic mass is 31.1. The summed E-state index contributed by atoms with van der Waals surface area (Å²) in [6.07, 6.45) is 2.37. The Morgan fingerprint density at radius 3 is 2.32 bits per heavy atom. The van der Waals surface area contributed by atoms with Gasteiger partial charge in [0.05, 0.1) is 25.3 Å². The third kappa shape index (κ3) is 11.2. The Bertz CT molecular complexity index is 630. The number of carbonyl (C=O) groups is 5. The second kappa shape index (κ2) is 15.7. The molecule has 11 heteroatoms. The minimum Gasteiger partial charge on any atom is -0.463 e. The summed E-state index contributed by atoms with van der Waals surface area (Å²) in [5.41, 5.74) is -0.250. The van der Waals surface area contributed by atoms with E-state index in [1.165, 1.54) is 0 Å². The predicted molar refractivity (Wildman–Crippen MR) is 116 cm³/mol. The van der Waals surface area contributed by atoms with Gasteiger partial charge in [0, 0.05) is 38.9 Å². The highest BCUT2D eigenvalue weighted by molar-refractivity contribution is 7.39. The number of hydrogen-bond donors (Lipinski definition) is 2. The SMILES string of the molecule is CCCCNC(=O)CCC(=O)NCCOCCOC(=O)CCN1C(=O)CC(PC)C1=O. The Morgan fingerprint density at radius 2 is 1.71 bits per heavy atom. The fourth-order valence-electron chi connectivity index (χ4n) is 2.81. The van der Waals surface area contributed by atoms with Crippen LogP contribution in [0.1, 0.15) is 45.4 Å². The first-order valence-electron chi connectivity index (χ1n) is 10.7. The largest absolute Gasteiger partial charge is 0.463 e. The van der Waals surface area contributed by atoms with E-state index in [2.05, 4.69) is 10.6 Å². The average molecular weight is 459 g/mol. The molecule has 0 radical (unpaired) electrons. The molecule has 1 aliphatic heterocycles. The number of hydrogen-bond acceptors (Lipinski definition) is 7. The number of imide groups is 1. The van der Waals surface area contributed by atoms with Crippen molar-refractivity contribution in [2.24, 2.45) is 0 Å². The third-order valence-electron chi connectivity index (χ3n) is 4.62. The van der Waals surface area contributed by atoms with Gasteiger partial charge in [-0.15, -0.1) is 8.58 Å². The molecule has 31 heavy (non-hydrogen) atoms. The van der Waals surface area contributed by atoms with E-state index in [4.69, 9.17) is 9.47 Å². The van der Waals surface area contributed by atoms with Crippen molar-refractivity contribution in [1.82, 2.24) is 15.5 Å². The zero-order valence-electron chi connectivity index (χ0n) is 18.4. The number of nitrogens with one attached hydrogen (secondary N) is 2. The van der Waals surface area contributed by atoms with Gasteiger partial charge in [-0.3, -0.25) is 28.9 Å². The van der Waals surface area contributed by atoms with Crippen molar-refractivity contribution in [2.75, 3.05) is 46.1 Å². The van der Waals surface area contributed by atoms with E-state index < -0.39 is 5.97 Å². The van der Waals surface area contributed by atoms with Crippen molar-refractivity contribution in [3.63, 3.8) is 0 Å². The molecule has 10 nitrogen and oxygen atoms in total. The predicted octanol–water partition coefficient (Wildman–Crippen LogP) is 0.185. The van der Waals surface area contributed by atoms with E-state index in [1.54, 1.807) is 0 Å². The molecule has 0 saturated carbocycles. The molecule has 0 aliphatic carbocycles. The lowest BCUT2D eigenvalue weighted by Crippen LogP contribution is -2.33. The molecule has 2 unspecified atom stereocenters. The lowest BCUT2D eigenvalue weighted by atomic mass is 10.2. The second-order valence-electron chi connectivity index (χ2n) is 7.07. The van der Waals surface area contributed by atoms with Crippen LogP contribution < -0.4 is 10.6 Å². The number of unbranched alkanes of at least 4 members (excludes halogenated alkanes) is 1. The number of likely N-dealkylation sites (tertiary alicyclic amines) is 1. The highest BCUT2D eigenvalue weighted by Gasteiger charge is 2.37. The summed E-state index contributed by atoms with van der Waals surface area (Å²) in [6.45, 7) is 5.35. The Balaban J connectivity index is 1.99. The van der Waals surface area contributed by atoms with Crippen LogP contribution in [-0.2, 0) is 33.4 Å². The van der Waals surface area contributed by atoms with Gasteiger partial charge in [-0.1, -0.05) is 13.3 Å². The molecule has 0 aromatic carbocycles. The minimum atomic E-state index is -0.503. The molecular weight excluding hydrogens is 425 g/mol. The van der Waals surface area contributed by atoms with Crippen LogP contribution in [0.2, 0.25) is 0 Å². The van der Waals surface area contributed by atoms with Gasteiger partial charge in [-0.25, -0.2) is 0 Å². The molecule has 0 bridgehead atoms. The van der Waals surface area contributed by atoms with Gasteiger partial charge < -0.3 is 20.1 Å². The smallest absolute Gasteiger partial charge is 0.307 e. The van der Waals surface area contributed by atoms with Crippen LogP contribution >= 0.6 is 8.58 Å². The molecule has 0 spiro atoms. The maximum atomic E-state index is 12.0. The Kier molecular flexibility index (Phi) is 13.7. The number of esters is 1. The maximum Gasteiger partial charge on any atom is 0.307 e. The van der Waals surface area contributed by atoms with Crippen LogP contribution in [-0.4, -0.2) is 86.3 Å². The van der Waals surface area contributed by atoms with Gasteiger partial charge in [0.1, 0.15) is 6.61 Å². The lowest BCUT2D eigenvalue weighted by molar-refractivity contribution is -0.146. The average Bonchev–Trinajstić information content (AvgIpc) is 3.02. The van der Waals surface area contributed by atoms with Crippen molar-refractivity contribution < 1.29 is 33.4 Å². The molecule has 1 fully saturated rings. The first-order chi connectivity index (χ1) is 14.9. The second-order valence-corrected chi connectivity index (χ2v) is 8.34. The van der Waals surface area contributed by atoms with Gasteiger partial charge in [0.15, 0.2) is 0 Å². The number of ether oxygens (including phenoxy) is 2. The molecular formula is C20H34N3O7P. The van der Waals surface area contributed by atoms with Gasteiger partial charge in [0.25, 0.3) is 0 Å². The summed E-state index contributed by atoms with van der Waals surface area (Å²) in [5.74, 6) is -1.30. The monoisotopic (exact) mass is 459 g/mol. The molecule has 1 rings (SSSR count). The highest BCUT2D eigenvalue weighted by Crippen LogP contribution is 2.27. The zero-order chi connectivity index (χ0) is 23.1. The fourth-order valence-corrected chi connectivity index (χ4v) is 3.59. The van der Waals surface area contributed by atoms with Gasteiger partial charge in [-0.2, -0.15) is 0 Å². The van der Waals surface area contributed by atoms with Crippen LogP contribution in [0.4, 0.5) is 0 Å². The Morgan fingerprint density at radius 1 is 1.03 bits per heavy atom. The summed E-state index contributed by atoms with van der Waals surface area (Å²) in [7, 11) is 0.370. The molecule has 1 aliphatic rings. The van der Waals surface area contributed by atoms with E-state index in [0.29, 0.717) is 21.7 Å². The molecule has 2 N–H and O–H groups in total. The number of carbonyl (C=O) groups excluding carboxylic acids is 5. The molecule has 0 aromatic heterocycles. The van der Waals surface area contributed by atoms with Crippen LogP contribution in [0.25, 0.3) is 0 Å². The van der Waals surface area contributed by atoms with Crippen molar-refractivity contribution in [3.8, 4) is 0 Å². The molecule has 1 heterocycles. The van der Waals surface area contributed by atoms with E-state index in [1.807, 2.05) is 13.6 Å². The van der Waals surface area contributed by atoms with Crippen molar-refractivity contribution in [3.05, 3.63) is 0 Å². The normalized spacial score (nSPS) is 16.2. The van der Waals surface area contributed by atoms with Crippen LogP contribution in [0.15, 0.2) is 0 Å². The molecule has 2 atom stereocenters. The van der Waals surface area contributed by atoms with Crippen LogP contribution in [0, 0.1) is 0 Å². The van der Waals surface area contributed by atoms with Crippen molar-refractivity contribution in [1.29, 1.82) is 0 Å². The standard InChI is InChI=1S/C20H34N3O7P/c1-3-4-8-21-16(24)5-6-17(25)22-9-11-29-12-13-30-19(27)7-10-23-18(26)14-15(31-2)20(23)28/h15,31H,3-14H2,1-2H3,(H,21,24)(H,22,25). The molecule has 4 amide bonds. The van der Waals surface area contributed by atoms with E-state index in [9.17, 15) is 24.0 Å². The van der Waals surface area contributed by atoms with Gasteiger partial charge in [0.2, 0.25) is 23.6 Å². The van der Waals surface area contributed by atoms with Gasteiger partial charge in [-0.05, 0) is 13.1 Å². The summed E-state index contributed by atoms with van der Waals surface area (Å²) in [5, 5.41) is 5.40. The third-order valence-corrected chi connectivity index (χ3v) is 5.77. The van der Waals surface area contributed by atoms with E-state index in [0.717, 1.165) is 17.7 Å². The van der Waals surface area contributed by atoms with Crippen LogP contribution in [0.3, 0.4) is 0 Å². The number of rotatable bonds is 16. The first kappa shape index (κ1) is 27.0. The minimum absolute atomic E-state index is 0.0426. The molecule has 1 saturated heterocycles. The maximum absolute atomic E-state index is 12.0. The summed E-state index contributed by atoms with van der Waals surface area (Å²) >= 11 is 0. The summed E-state index contributed by atoms with van der Waals surface area (Å²) in [6, 6.07) is 0. The summed E-state index contributed by atoms with van der Waals surface area (Å²) < 4.78 is 10.3. The lowest BCUT2D eigenvalue weighted by Gasteiger charge is -2.14. The number of nitrogens with zero attached hydrogens (tertiary/aromatic N) is 1. The van der Waals surface area contributed by atoms with Crippen molar-refractivity contribution >= 4 is 38.2 Å². The molecule has 0 aromatic rings. The van der Waals surface area contributed by atoms with Gasteiger partial charge >= 0.3 is 5.97 Å². The number of amides is 4. The quantitative estimate of drug-likeness (QED) is 0.146. The van der Waals surface area contributed by atoms with Crippen LogP contribution in [0.5, 0.6) is 0 Å². The van der Waals surface area contributed by atoms with E-state index in [-0.39, 0.29) is 81.3 Å². The Hall–Kier alpha value is -2.06. The zero-order valence-corrected chi connectivity index (χ0v) is 19.4. The Labute approximate surface area is 184 Å². The van der Waals surface area contributed by atoms with E-state index >= 15 is 0 Å². The molecule has 176 valence electrons. The first-order valence-corrected chi connectivity index (χ1v) is 12.2. The fraction of sp³-hybridized carbons (Fsp3) is 0.750.